The van der Waals surface area contributed by atoms with Gasteiger partial charge < -0.3 is 14.2 Å². The summed E-state index contributed by atoms with van der Waals surface area (Å²) in [6.45, 7) is 2.09. The van der Waals surface area contributed by atoms with Crippen molar-refractivity contribution in [1.82, 2.24) is 20.1 Å². The third kappa shape index (κ3) is 5.04. The first-order valence-corrected chi connectivity index (χ1v) is 9.27. The average molecular weight is 386 g/mol. The number of carbonyl (C=O) groups excluding carboxylic acids is 1. The molecular formula is C18H18N4O4S. The molecule has 0 spiro atoms. The average Bonchev–Trinajstić information content (AvgIpc) is 3.15. The third-order valence-electron chi connectivity index (χ3n) is 3.75. The van der Waals surface area contributed by atoms with Crippen LogP contribution in [0.5, 0.6) is 0 Å². The van der Waals surface area contributed by atoms with Crippen LogP contribution in [-0.4, -0.2) is 33.2 Å². The maximum absolute atomic E-state index is 11.7. The number of esters is 1. The summed E-state index contributed by atoms with van der Waals surface area (Å²) in [5.74, 6) is 0.800. The first-order chi connectivity index (χ1) is 13.1. The summed E-state index contributed by atoms with van der Waals surface area (Å²) in [5.41, 5.74) is 2.11. The zero-order valence-corrected chi connectivity index (χ0v) is 15.7. The monoisotopic (exact) mass is 386 g/mol. The Bertz CT molecular complexity index is 982. The molecule has 0 aliphatic carbocycles. The fraction of sp³-hybridized carbons (Fsp3) is 0.278. The zero-order chi connectivity index (χ0) is 19.2. The number of nitrogens with zero attached hydrogens (tertiary/aromatic N) is 3. The lowest BCUT2D eigenvalue weighted by molar-refractivity contribution is -0.139. The molecule has 3 rings (SSSR count). The highest BCUT2D eigenvalue weighted by Crippen LogP contribution is 2.21. The van der Waals surface area contributed by atoms with Crippen molar-refractivity contribution in [2.75, 3.05) is 7.11 Å². The molecule has 0 atom stereocenters. The third-order valence-corrected chi connectivity index (χ3v) is 4.61. The minimum Gasteiger partial charge on any atom is -0.469 e. The molecule has 140 valence electrons. The van der Waals surface area contributed by atoms with E-state index in [9.17, 15) is 9.59 Å². The van der Waals surface area contributed by atoms with Crippen LogP contribution in [0, 0.1) is 0 Å². The normalized spacial score (nSPS) is 10.7. The number of ether oxygens (including phenoxy) is 1. The molecule has 0 radical (unpaired) electrons. The number of methoxy groups -OCH3 is 1. The van der Waals surface area contributed by atoms with Crippen molar-refractivity contribution in [3.8, 4) is 11.4 Å². The number of hydrogen-bond acceptors (Lipinski definition) is 8. The molecule has 0 fully saturated rings. The van der Waals surface area contributed by atoms with Crippen LogP contribution < -0.4 is 5.56 Å². The summed E-state index contributed by atoms with van der Waals surface area (Å²) in [7, 11) is 1.29. The van der Waals surface area contributed by atoms with E-state index in [0.717, 1.165) is 12.0 Å². The fourth-order valence-electron chi connectivity index (χ4n) is 2.31. The van der Waals surface area contributed by atoms with Crippen LogP contribution in [0.15, 0.2) is 44.8 Å². The van der Waals surface area contributed by atoms with E-state index < -0.39 is 5.97 Å². The second-order valence-electron chi connectivity index (χ2n) is 5.65. The van der Waals surface area contributed by atoms with Crippen LogP contribution in [0.2, 0.25) is 0 Å². The maximum Gasteiger partial charge on any atom is 0.311 e. The van der Waals surface area contributed by atoms with E-state index in [-0.39, 0.29) is 12.0 Å². The SMILES string of the molecule is CCc1ccc(-c2noc(CSc3nc(CC(=O)OC)cc(=O)[nH]3)n2)cc1. The second-order valence-corrected chi connectivity index (χ2v) is 6.61. The molecule has 27 heavy (non-hydrogen) atoms. The lowest BCUT2D eigenvalue weighted by Crippen LogP contribution is -2.13. The zero-order valence-electron chi connectivity index (χ0n) is 14.9. The van der Waals surface area contributed by atoms with Gasteiger partial charge >= 0.3 is 5.97 Å². The predicted octanol–water partition coefficient (Wildman–Crippen LogP) is 2.39. The van der Waals surface area contributed by atoms with Gasteiger partial charge in [-0.05, 0) is 12.0 Å². The summed E-state index contributed by atoms with van der Waals surface area (Å²) < 4.78 is 9.86. The standard InChI is InChI=1S/C18H18N4O4S/c1-3-11-4-6-12(7-5-11)17-21-15(26-22-17)10-27-18-19-13(8-14(23)20-18)9-16(24)25-2/h4-8H,3,9-10H2,1-2H3,(H,19,20,23). The summed E-state index contributed by atoms with van der Waals surface area (Å²) in [6, 6.07) is 9.24. The smallest absolute Gasteiger partial charge is 0.311 e. The number of aromatic nitrogens is 4. The molecular weight excluding hydrogens is 368 g/mol. The Hall–Kier alpha value is -2.94. The van der Waals surface area contributed by atoms with Gasteiger partial charge in [-0.1, -0.05) is 48.1 Å². The van der Waals surface area contributed by atoms with E-state index in [1.807, 2.05) is 24.3 Å². The second kappa shape index (κ2) is 8.63. The first-order valence-electron chi connectivity index (χ1n) is 8.29. The van der Waals surface area contributed by atoms with E-state index in [1.54, 1.807) is 0 Å². The molecule has 0 saturated heterocycles. The van der Waals surface area contributed by atoms with Crippen LogP contribution in [0.25, 0.3) is 11.4 Å². The van der Waals surface area contributed by atoms with Crippen LogP contribution in [0.4, 0.5) is 0 Å². The molecule has 9 heteroatoms. The Morgan fingerprint density at radius 3 is 2.74 bits per heavy atom. The van der Waals surface area contributed by atoms with E-state index >= 15 is 0 Å². The molecule has 0 aliphatic heterocycles. The van der Waals surface area contributed by atoms with Gasteiger partial charge in [0.05, 0.1) is 25.0 Å². The van der Waals surface area contributed by atoms with Gasteiger partial charge in [0.25, 0.3) is 5.56 Å². The van der Waals surface area contributed by atoms with E-state index in [2.05, 4.69) is 31.8 Å². The molecule has 0 aliphatic rings. The predicted molar refractivity (Wildman–Crippen MR) is 99.3 cm³/mol. The number of carbonyl (C=O) groups is 1. The van der Waals surface area contributed by atoms with Gasteiger partial charge in [-0.3, -0.25) is 9.59 Å². The number of benzene rings is 1. The van der Waals surface area contributed by atoms with Crippen molar-refractivity contribution in [3.05, 3.63) is 57.8 Å². The van der Waals surface area contributed by atoms with Gasteiger partial charge in [-0.2, -0.15) is 4.98 Å². The van der Waals surface area contributed by atoms with Crippen LogP contribution >= 0.6 is 11.8 Å². The van der Waals surface area contributed by atoms with Crippen molar-refractivity contribution in [3.63, 3.8) is 0 Å². The van der Waals surface area contributed by atoms with Crippen molar-refractivity contribution in [2.45, 2.75) is 30.7 Å². The summed E-state index contributed by atoms with van der Waals surface area (Å²) >= 11 is 1.24. The highest BCUT2D eigenvalue weighted by molar-refractivity contribution is 7.98. The van der Waals surface area contributed by atoms with Gasteiger partial charge in [-0.15, -0.1) is 0 Å². The molecule has 0 unspecified atom stereocenters. The van der Waals surface area contributed by atoms with Gasteiger partial charge in [0.15, 0.2) is 5.16 Å². The first kappa shape index (κ1) is 18.8. The summed E-state index contributed by atoms with van der Waals surface area (Å²) in [6.07, 6.45) is 0.904. The largest absolute Gasteiger partial charge is 0.469 e. The van der Waals surface area contributed by atoms with Gasteiger partial charge in [0, 0.05) is 11.6 Å². The number of hydrogen-bond donors (Lipinski definition) is 1. The number of nitrogens with one attached hydrogen (secondary N) is 1. The van der Waals surface area contributed by atoms with Crippen molar-refractivity contribution < 1.29 is 14.1 Å². The molecule has 0 saturated carbocycles. The molecule has 0 bridgehead atoms. The van der Waals surface area contributed by atoms with E-state index in [1.165, 1.54) is 30.5 Å². The molecule has 0 amide bonds. The number of thioether (sulfide) groups is 1. The summed E-state index contributed by atoms with van der Waals surface area (Å²) in [5, 5.41) is 4.36. The molecule has 2 heterocycles. The quantitative estimate of drug-likeness (QED) is 0.374. The Balaban J connectivity index is 1.67. The van der Waals surface area contributed by atoms with Gasteiger partial charge in [-0.25, -0.2) is 4.98 Å². The lowest BCUT2D eigenvalue weighted by atomic mass is 10.1. The lowest BCUT2D eigenvalue weighted by Gasteiger charge is -2.02. The minimum absolute atomic E-state index is 0.0631. The molecule has 8 nitrogen and oxygen atoms in total. The van der Waals surface area contributed by atoms with Gasteiger partial charge in [0.1, 0.15) is 0 Å². The highest BCUT2D eigenvalue weighted by atomic mass is 32.2. The number of rotatable bonds is 7. The van der Waals surface area contributed by atoms with Crippen LogP contribution in [0.1, 0.15) is 24.1 Å². The molecule has 1 aromatic carbocycles. The number of aromatic amines is 1. The van der Waals surface area contributed by atoms with Crippen molar-refractivity contribution in [1.29, 1.82) is 0 Å². The Kier molecular flexibility index (Phi) is 6.02. The molecule has 3 aromatic rings. The fourth-order valence-corrected chi connectivity index (χ4v) is 3.04. The van der Waals surface area contributed by atoms with Gasteiger partial charge in [0.2, 0.25) is 11.7 Å². The topological polar surface area (TPSA) is 111 Å². The van der Waals surface area contributed by atoms with E-state index in [4.69, 9.17) is 4.52 Å². The molecule has 1 N–H and O–H groups in total. The number of aryl methyl sites for hydroxylation is 1. The maximum atomic E-state index is 11.7. The van der Waals surface area contributed by atoms with Crippen LogP contribution in [0.3, 0.4) is 0 Å². The van der Waals surface area contributed by atoms with E-state index in [0.29, 0.717) is 28.3 Å². The van der Waals surface area contributed by atoms with Crippen molar-refractivity contribution >= 4 is 17.7 Å². The number of H-pyrrole nitrogens is 1. The minimum atomic E-state index is -0.459. The Morgan fingerprint density at radius 2 is 2.04 bits per heavy atom. The summed E-state index contributed by atoms with van der Waals surface area (Å²) in [4.78, 5) is 34.3. The van der Waals surface area contributed by atoms with Crippen molar-refractivity contribution in [2.24, 2.45) is 0 Å². The Morgan fingerprint density at radius 1 is 1.26 bits per heavy atom. The Labute approximate surface area is 159 Å². The molecule has 2 aromatic heterocycles. The highest BCUT2D eigenvalue weighted by Gasteiger charge is 2.12. The van der Waals surface area contributed by atoms with Crippen LogP contribution in [-0.2, 0) is 28.1 Å².